The fourth-order valence-corrected chi connectivity index (χ4v) is 2.43. The Kier molecular flexibility index (Phi) is 4.52. The van der Waals surface area contributed by atoms with Crippen molar-refractivity contribution < 1.29 is 4.79 Å². The maximum atomic E-state index is 11.7. The summed E-state index contributed by atoms with van der Waals surface area (Å²) >= 11 is 1.57. The van der Waals surface area contributed by atoms with E-state index in [9.17, 15) is 9.59 Å². The van der Waals surface area contributed by atoms with Crippen LogP contribution in [0.15, 0.2) is 27.4 Å². The third kappa shape index (κ3) is 3.45. The van der Waals surface area contributed by atoms with E-state index >= 15 is 0 Å². The van der Waals surface area contributed by atoms with Gasteiger partial charge in [0.2, 0.25) is 5.91 Å². The van der Waals surface area contributed by atoms with Crippen molar-refractivity contribution in [3.8, 4) is 0 Å². The van der Waals surface area contributed by atoms with Crippen LogP contribution in [0.4, 0.5) is 0 Å². The van der Waals surface area contributed by atoms with Gasteiger partial charge < -0.3 is 5.10 Å². The van der Waals surface area contributed by atoms with E-state index < -0.39 is 0 Å². The number of thiophene rings is 1. The minimum absolute atomic E-state index is 0.173. The summed E-state index contributed by atoms with van der Waals surface area (Å²) in [6, 6.07) is 3.88. The van der Waals surface area contributed by atoms with Crippen LogP contribution in [0.5, 0.6) is 0 Å². The van der Waals surface area contributed by atoms with Crippen molar-refractivity contribution in [3.63, 3.8) is 0 Å². The zero-order chi connectivity index (χ0) is 14.5. The fraction of sp³-hybridized carbons (Fsp3) is 0.308. The molecule has 0 aliphatic carbocycles. The van der Waals surface area contributed by atoms with Gasteiger partial charge in [-0.25, -0.2) is 5.43 Å². The summed E-state index contributed by atoms with van der Waals surface area (Å²) in [7, 11) is 0. The van der Waals surface area contributed by atoms with Crippen LogP contribution in [0.2, 0.25) is 0 Å². The molecule has 0 aliphatic heterocycles. The second-order valence-electron chi connectivity index (χ2n) is 4.39. The summed E-state index contributed by atoms with van der Waals surface area (Å²) in [5.74, 6) is -0.207. The van der Waals surface area contributed by atoms with Crippen LogP contribution in [-0.2, 0) is 11.2 Å². The summed E-state index contributed by atoms with van der Waals surface area (Å²) in [5, 5.41) is 11.2. The van der Waals surface area contributed by atoms with Crippen molar-refractivity contribution >= 4 is 23.0 Å². The average Bonchev–Trinajstić information content (AvgIpc) is 3.05. The number of H-pyrrole nitrogens is 2. The third-order valence-electron chi connectivity index (χ3n) is 2.92. The van der Waals surface area contributed by atoms with Gasteiger partial charge in [0.15, 0.2) is 0 Å². The summed E-state index contributed by atoms with van der Waals surface area (Å²) in [4.78, 5) is 24.1. The number of nitrogens with zero attached hydrogens (tertiary/aromatic N) is 1. The molecule has 20 heavy (non-hydrogen) atoms. The molecule has 0 bridgehead atoms. The van der Waals surface area contributed by atoms with Crippen molar-refractivity contribution in [1.82, 2.24) is 15.6 Å². The number of amides is 1. The maximum Gasteiger partial charge on any atom is 0.267 e. The highest BCUT2D eigenvalue weighted by Crippen LogP contribution is 2.09. The van der Waals surface area contributed by atoms with Crippen molar-refractivity contribution in [2.24, 2.45) is 5.10 Å². The molecule has 0 saturated heterocycles. The number of nitrogens with one attached hydrogen (secondary N) is 3. The van der Waals surface area contributed by atoms with Gasteiger partial charge in [-0.1, -0.05) is 6.07 Å². The lowest BCUT2D eigenvalue weighted by Gasteiger charge is -2.01. The first-order valence-electron chi connectivity index (χ1n) is 6.21. The largest absolute Gasteiger partial charge is 0.302 e. The predicted molar refractivity (Wildman–Crippen MR) is 79.1 cm³/mol. The molecule has 2 heterocycles. The number of carbonyl (C=O) groups is 1. The molecule has 7 heteroatoms. The molecule has 0 spiro atoms. The van der Waals surface area contributed by atoms with Crippen LogP contribution in [0.1, 0.15) is 29.5 Å². The normalized spacial score (nSPS) is 11.6. The SMILES string of the molecule is C/C(=N\NC(=O)CCc1c(C)[nH][nH]c1=O)c1cccs1. The second kappa shape index (κ2) is 6.33. The summed E-state index contributed by atoms with van der Waals surface area (Å²) in [6.07, 6.45) is 0.618. The Morgan fingerprint density at radius 1 is 1.45 bits per heavy atom. The van der Waals surface area contributed by atoms with Crippen LogP contribution < -0.4 is 11.0 Å². The number of aromatic amines is 2. The minimum Gasteiger partial charge on any atom is -0.302 e. The van der Waals surface area contributed by atoms with Crippen molar-refractivity contribution in [3.05, 3.63) is 44.0 Å². The lowest BCUT2D eigenvalue weighted by molar-refractivity contribution is -0.121. The molecule has 1 amide bonds. The molecule has 2 aromatic heterocycles. The Bertz CT molecular complexity index is 667. The highest BCUT2D eigenvalue weighted by Gasteiger charge is 2.09. The number of aromatic nitrogens is 2. The van der Waals surface area contributed by atoms with E-state index in [1.165, 1.54) is 0 Å². The fourth-order valence-electron chi connectivity index (χ4n) is 1.75. The molecule has 2 aromatic rings. The maximum absolute atomic E-state index is 11.7. The smallest absolute Gasteiger partial charge is 0.267 e. The third-order valence-corrected chi connectivity index (χ3v) is 3.90. The molecule has 0 atom stereocenters. The molecule has 0 aliphatic rings. The highest BCUT2D eigenvalue weighted by atomic mass is 32.1. The van der Waals surface area contributed by atoms with Crippen LogP contribution >= 0.6 is 11.3 Å². The van der Waals surface area contributed by atoms with E-state index in [0.29, 0.717) is 12.0 Å². The topological polar surface area (TPSA) is 90.1 Å². The number of aryl methyl sites for hydroxylation is 1. The van der Waals surface area contributed by atoms with E-state index in [1.807, 2.05) is 24.4 Å². The van der Waals surface area contributed by atoms with Crippen molar-refractivity contribution in [2.75, 3.05) is 0 Å². The quantitative estimate of drug-likeness (QED) is 0.576. The summed E-state index contributed by atoms with van der Waals surface area (Å²) in [5.41, 5.74) is 4.48. The van der Waals surface area contributed by atoms with Gasteiger partial charge in [0.25, 0.3) is 5.56 Å². The van der Waals surface area contributed by atoms with Gasteiger partial charge in [-0.2, -0.15) is 5.10 Å². The molecular formula is C13H16N4O2S. The average molecular weight is 292 g/mol. The lowest BCUT2D eigenvalue weighted by Crippen LogP contribution is -2.20. The Balaban J connectivity index is 1.88. The second-order valence-corrected chi connectivity index (χ2v) is 5.34. The number of rotatable bonds is 5. The van der Waals surface area contributed by atoms with Crippen LogP contribution in [0.25, 0.3) is 0 Å². The van der Waals surface area contributed by atoms with Gasteiger partial charge in [0, 0.05) is 22.6 Å². The van der Waals surface area contributed by atoms with E-state index in [4.69, 9.17) is 0 Å². The van der Waals surface area contributed by atoms with Gasteiger partial charge in [-0.3, -0.25) is 14.7 Å². The van der Waals surface area contributed by atoms with Crippen LogP contribution in [-0.4, -0.2) is 21.8 Å². The summed E-state index contributed by atoms with van der Waals surface area (Å²) < 4.78 is 0. The van der Waals surface area contributed by atoms with Gasteiger partial charge >= 0.3 is 0 Å². The molecular weight excluding hydrogens is 276 g/mol. The Labute approximate surface area is 119 Å². The minimum atomic E-state index is -0.207. The van der Waals surface area contributed by atoms with Gasteiger partial charge in [-0.05, 0) is 31.7 Å². The van der Waals surface area contributed by atoms with Gasteiger partial charge in [0.1, 0.15) is 0 Å². The Morgan fingerprint density at radius 2 is 2.25 bits per heavy atom. The predicted octanol–water partition coefficient (Wildman–Crippen LogP) is 1.55. The Hall–Kier alpha value is -2.15. The monoisotopic (exact) mass is 292 g/mol. The summed E-state index contributed by atoms with van der Waals surface area (Å²) in [6.45, 7) is 3.64. The Morgan fingerprint density at radius 3 is 2.85 bits per heavy atom. The molecule has 6 nitrogen and oxygen atoms in total. The molecule has 0 aromatic carbocycles. The first kappa shape index (κ1) is 14.3. The molecule has 106 valence electrons. The molecule has 3 N–H and O–H groups in total. The van der Waals surface area contributed by atoms with E-state index in [1.54, 1.807) is 18.3 Å². The van der Waals surface area contributed by atoms with Crippen LogP contribution in [0, 0.1) is 6.92 Å². The lowest BCUT2D eigenvalue weighted by atomic mass is 10.1. The molecule has 2 rings (SSSR count). The molecule has 0 saturated carbocycles. The zero-order valence-corrected chi connectivity index (χ0v) is 12.1. The molecule has 0 radical (unpaired) electrons. The number of hydrogen-bond donors (Lipinski definition) is 3. The molecule has 0 fully saturated rings. The van der Waals surface area contributed by atoms with Crippen molar-refractivity contribution in [1.29, 1.82) is 0 Å². The first-order chi connectivity index (χ1) is 9.58. The van der Waals surface area contributed by atoms with Gasteiger partial charge in [0.05, 0.1) is 5.71 Å². The number of hydrogen-bond acceptors (Lipinski definition) is 4. The zero-order valence-electron chi connectivity index (χ0n) is 11.3. The standard InChI is InChI=1S/C13H16N4O2S/c1-8-10(13(19)17-14-8)5-6-12(18)16-15-9(2)11-4-3-7-20-11/h3-4,7H,5-6H2,1-2H3,(H,16,18)(H2,14,17,19)/b15-9+. The molecule has 0 unspecified atom stereocenters. The van der Waals surface area contributed by atoms with E-state index in [2.05, 4.69) is 20.7 Å². The highest BCUT2D eigenvalue weighted by molar-refractivity contribution is 7.12. The first-order valence-corrected chi connectivity index (χ1v) is 7.09. The van der Waals surface area contributed by atoms with Gasteiger partial charge in [-0.15, -0.1) is 11.3 Å². The number of hydrazone groups is 1. The van der Waals surface area contributed by atoms with Crippen LogP contribution in [0.3, 0.4) is 0 Å². The van der Waals surface area contributed by atoms with E-state index in [-0.39, 0.29) is 17.9 Å². The number of carbonyl (C=O) groups excluding carboxylic acids is 1. The van der Waals surface area contributed by atoms with Crippen molar-refractivity contribution in [2.45, 2.75) is 26.7 Å². The van der Waals surface area contributed by atoms with E-state index in [0.717, 1.165) is 16.3 Å².